The Bertz CT molecular complexity index is 1490. The van der Waals surface area contributed by atoms with Crippen LogP contribution in [-0.4, -0.2) is 20.7 Å². The summed E-state index contributed by atoms with van der Waals surface area (Å²) in [5.41, 5.74) is 9.29. The van der Waals surface area contributed by atoms with Crippen molar-refractivity contribution in [2.24, 2.45) is 11.7 Å². The summed E-state index contributed by atoms with van der Waals surface area (Å²) in [4.78, 5) is 21.3. The van der Waals surface area contributed by atoms with E-state index in [0.717, 1.165) is 6.42 Å². The van der Waals surface area contributed by atoms with Crippen LogP contribution in [0.4, 0.5) is 15.8 Å². The lowest BCUT2D eigenvalue weighted by Crippen LogP contribution is -2.39. The molecule has 7 nitrogen and oxygen atoms in total. The number of benzene rings is 2. The van der Waals surface area contributed by atoms with Crippen LogP contribution in [0.5, 0.6) is 0 Å². The summed E-state index contributed by atoms with van der Waals surface area (Å²) in [6.07, 6.45) is 5.72. The van der Waals surface area contributed by atoms with Gasteiger partial charge in [-0.25, -0.2) is 13.9 Å². The van der Waals surface area contributed by atoms with E-state index in [2.05, 4.69) is 20.2 Å². The van der Waals surface area contributed by atoms with Gasteiger partial charge in [-0.2, -0.15) is 5.10 Å². The molecule has 2 heterocycles. The molecule has 2 aromatic carbocycles. The quantitative estimate of drug-likeness (QED) is 0.298. The fourth-order valence-electron chi connectivity index (χ4n) is 4.52. The molecule has 0 radical (unpaired) electrons. The predicted molar refractivity (Wildman–Crippen MR) is 140 cm³/mol. The van der Waals surface area contributed by atoms with Gasteiger partial charge in [0.15, 0.2) is 5.69 Å². The van der Waals surface area contributed by atoms with Gasteiger partial charge < -0.3 is 11.1 Å². The van der Waals surface area contributed by atoms with Crippen LogP contribution < -0.4 is 11.1 Å². The Labute approximate surface area is 215 Å². The number of hydrogen-bond donors (Lipinski definition) is 2. The second-order valence-electron chi connectivity index (χ2n) is 9.53. The average molecular weight is 495 g/mol. The molecule has 1 saturated carbocycles. The number of pyridine rings is 1. The van der Waals surface area contributed by atoms with E-state index >= 15 is 0 Å². The van der Waals surface area contributed by atoms with Gasteiger partial charge >= 0.3 is 0 Å². The van der Waals surface area contributed by atoms with Crippen LogP contribution in [0, 0.1) is 25.2 Å². The van der Waals surface area contributed by atoms with Crippen LogP contribution in [0.1, 0.15) is 53.1 Å². The van der Waals surface area contributed by atoms with E-state index in [1.165, 1.54) is 23.6 Å². The highest BCUT2D eigenvalue weighted by Crippen LogP contribution is 2.40. The Morgan fingerprint density at radius 2 is 2.03 bits per heavy atom. The minimum Gasteiger partial charge on any atom is -0.318 e. The first-order valence-corrected chi connectivity index (χ1v) is 12.2. The SMILES string of the molecule is [C-]#[N+]c1cccc(-n2nc(C)cc2C(=O)Nc2cc(C(N)(CCC3CC3)c3ccccn3)ccc2F)c1. The number of halogens is 1. The number of aromatic nitrogens is 3. The van der Waals surface area contributed by atoms with E-state index in [4.69, 9.17) is 12.3 Å². The monoisotopic (exact) mass is 494 g/mol. The molecular weight excluding hydrogens is 467 g/mol. The van der Waals surface area contributed by atoms with Crippen molar-refractivity contribution in [1.29, 1.82) is 0 Å². The zero-order chi connectivity index (χ0) is 26.0. The first-order chi connectivity index (χ1) is 17.9. The Balaban J connectivity index is 1.48. The summed E-state index contributed by atoms with van der Waals surface area (Å²) >= 11 is 0. The zero-order valence-corrected chi connectivity index (χ0v) is 20.5. The molecule has 1 atom stereocenters. The third-order valence-electron chi connectivity index (χ3n) is 6.76. The van der Waals surface area contributed by atoms with E-state index in [9.17, 15) is 9.18 Å². The lowest BCUT2D eigenvalue weighted by Gasteiger charge is -2.30. The van der Waals surface area contributed by atoms with Crippen LogP contribution >= 0.6 is 0 Å². The van der Waals surface area contributed by atoms with E-state index in [-0.39, 0.29) is 11.4 Å². The minimum absolute atomic E-state index is 0.0278. The van der Waals surface area contributed by atoms with E-state index in [1.807, 2.05) is 18.2 Å². The molecule has 0 aliphatic heterocycles. The number of anilines is 1. The van der Waals surface area contributed by atoms with Gasteiger partial charge in [0.2, 0.25) is 0 Å². The van der Waals surface area contributed by atoms with Crippen molar-refractivity contribution < 1.29 is 9.18 Å². The lowest BCUT2D eigenvalue weighted by molar-refractivity contribution is 0.101. The molecule has 3 N–H and O–H groups in total. The fraction of sp³-hybridized carbons (Fsp3) is 0.241. The molecule has 1 amide bonds. The van der Waals surface area contributed by atoms with Crippen LogP contribution in [0.2, 0.25) is 0 Å². The van der Waals surface area contributed by atoms with Crippen molar-refractivity contribution in [3.8, 4) is 5.69 Å². The molecule has 2 aromatic heterocycles. The number of aryl methyl sites for hydroxylation is 1. The van der Waals surface area contributed by atoms with Crippen LogP contribution in [0.25, 0.3) is 10.5 Å². The summed E-state index contributed by atoms with van der Waals surface area (Å²) < 4.78 is 16.4. The largest absolute Gasteiger partial charge is 0.318 e. The summed E-state index contributed by atoms with van der Waals surface area (Å²) in [6, 6.07) is 18.6. The van der Waals surface area contributed by atoms with Crippen molar-refractivity contribution in [3.05, 3.63) is 113 Å². The van der Waals surface area contributed by atoms with Crippen LogP contribution in [-0.2, 0) is 5.54 Å². The maximum atomic E-state index is 15.0. The summed E-state index contributed by atoms with van der Waals surface area (Å²) in [5.74, 6) is -0.431. The number of nitrogens with one attached hydrogen (secondary N) is 1. The molecule has 8 heteroatoms. The van der Waals surface area contributed by atoms with Gasteiger partial charge in [-0.1, -0.05) is 37.1 Å². The molecule has 0 bridgehead atoms. The van der Waals surface area contributed by atoms with Gasteiger partial charge in [0.05, 0.1) is 34.9 Å². The van der Waals surface area contributed by atoms with Gasteiger partial charge in [-0.05, 0) is 73.7 Å². The molecule has 0 spiro atoms. The number of carbonyl (C=O) groups excluding carboxylic acids is 1. The highest BCUT2D eigenvalue weighted by atomic mass is 19.1. The van der Waals surface area contributed by atoms with E-state index in [1.54, 1.807) is 55.6 Å². The topological polar surface area (TPSA) is 90.2 Å². The Hall–Kier alpha value is -4.35. The smallest absolute Gasteiger partial charge is 0.274 e. The second kappa shape index (κ2) is 9.96. The molecule has 186 valence electrons. The third-order valence-corrected chi connectivity index (χ3v) is 6.76. The highest BCUT2D eigenvalue weighted by molar-refractivity contribution is 6.03. The highest BCUT2D eigenvalue weighted by Gasteiger charge is 2.34. The number of carbonyl (C=O) groups is 1. The third kappa shape index (κ3) is 5.13. The van der Waals surface area contributed by atoms with E-state index in [0.29, 0.717) is 40.7 Å². The van der Waals surface area contributed by atoms with Gasteiger partial charge in [0, 0.05) is 6.20 Å². The lowest BCUT2D eigenvalue weighted by atomic mass is 9.82. The van der Waals surface area contributed by atoms with Crippen molar-refractivity contribution in [3.63, 3.8) is 0 Å². The molecule has 37 heavy (non-hydrogen) atoms. The maximum Gasteiger partial charge on any atom is 0.274 e. The standard InChI is InChI=1S/C29H27FN6O/c1-19-16-26(36(35-19)23-7-5-6-22(18-23)32-2)28(37)34-25-17-21(11-12-24(25)30)29(31,14-13-20-9-10-20)27-8-3-4-15-33-27/h3-8,11-12,15-18,20H,9-10,13-14,31H2,1H3,(H,34,37). The summed E-state index contributed by atoms with van der Waals surface area (Å²) in [7, 11) is 0. The van der Waals surface area contributed by atoms with Crippen molar-refractivity contribution in [2.45, 2.75) is 38.1 Å². The molecule has 1 fully saturated rings. The van der Waals surface area contributed by atoms with Crippen LogP contribution in [0.15, 0.2) is 72.9 Å². The Morgan fingerprint density at radius 3 is 2.76 bits per heavy atom. The molecule has 1 unspecified atom stereocenters. The summed E-state index contributed by atoms with van der Waals surface area (Å²) in [6.45, 7) is 9.03. The molecule has 5 rings (SSSR count). The predicted octanol–water partition coefficient (Wildman–Crippen LogP) is 5.91. The van der Waals surface area contributed by atoms with Crippen molar-refractivity contribution >= 4 is 17.3 Å². The molecule has 0 saturated heterocycles. The number of amides is 1. The first-order valence-electron chi connectivity index (χ1n) is 12.2. The zero-order valence-electron chi connectivity index (χ0n) is 20.5. The van der Waals surface area contributed by atoms with Crippen LogP contribution in [0.3, 0.4) is 0 Å². The van der Waals surface area contributed by atoms with Gasteiger partial charge in [0.25, 0.3) is 5.91 Å². The number of nitrogens with zero attached hydrogens (tertiary/aromatic N) is 4. The second-order valence-corrected chi connectivity index (χ2v) is 9.53. The fourth-order valence-corrected chi connectivity index (χ4v) is 4.52. The van der Waals surface area contributed by atoms with Crippen molar-refractivity contribution in [2.75, 3.05) is 5.32 Å². The van der Waals surface area contributed by atoms with Crippen molar-refractivity contribution in [1.82, 2.24) is 14.8 Å². The molecule has 4 aromatic rings. The number of hydrogen-bond acceptors (Lipinski definition) is 4. The minimum atomic E-state index is -0.921. The first kappa shape index (κ1) is 24.3. The average Bonchev–Trinajstić information content (AvgIpc) is 3.67. The molecule has 1 aliphatic rings. The molecule has 1 aliphatic carbocycles. The number of nitrogens with two attached hydrogens (primary N) is 1. The number of rotatable bonds is 8. The Morgan fingerprint density at radius 1 is 1.19 bits per heavy atom. The van der Waals surface area contributed by atoms with Gasteiger partial charge in [-0.3, -0.25) is 9.78 Å². The van der Waals surface area contributed by atoms with E-state index < -0.39 is 17.3 Å². The Kier molecular flexibility index (Phi) is 6.55. The molecular formula is C29H27FN6O. The van der Waals surface area contributed by atoms with Gasteiger partial charge in [-0.15, -0.1) is 0 Å². The maximum absolute atomic E-state index is 15.0. The summed E-state index contributed by atoms with van der Waals surface area (Å²) in [5, 5.41) is 7.12. The van der Waals surface area contributed by atoms with Gasteiger partial charge in [0.1, 0.15) is 11.5 Å². The normalized spacial score (nSPS) is 14.5.